The summed E-state index contributed by atoms with van der Waals surface area (Å²) in [6, 6.07) is 16.0. The van der Waals surface area contributed by atoms with Crippen molar-refractivity contribution in [3.8, 4) is 11.3 Å². The summed E-state index contributed by atoms with van der Waals surface area (Å²) in [5, 5.41) is 26.7. The summed E-state index contributed by atoms with van der Waals surface area (Å²) >= 11 is 0. The quantitative estimate of drug-likeness (QED) is 0.421. The zero-order valence-electron chi connectivity index (χ0n) is 15.6. The largest absolute Gasteiger partial charge is 0.394 e. The minimum atomic E-state index is -0.411. The van der Waals surface area contributed by atoms with Gasteiger partial charge in [0.2, 0.25) is 5.95 Å². The Labute approximate surface area is 162 Å². The molecule has 144 valence electrons. The molecular formula is C20H21N5O3. The number of rotatable bonds is 7. The van der Waals surface area contributed by atoms with E-state index in [2.05, 4.69) is 20.6 Å². The second-order valence-electron chi connectivity index (χ2n) is 6.39. The molecule has 0 saturated carbocycles. The Morgan fingerprint density at radius 1 is 1.14 bits per heavy atom. The van der Waals surface area contributed by atoms with E-state index in [1.807, 2.05) is 37.3 Å². The summed E-state index contributed by atoms with van der Waals surface area (Å²) in [5.41, 5.74) is 2.74. The number of hydrogen-bond acceptors (Lipinski definition) is 7. The lowest BCUT2D eigenvalue weighted by Gasteiger charge is -2.15. The number of anilines is 3. The van der Waals surface area contributed by atoms with Gasteiger partial charge in [-0.15, -0.1) is 0 Å². The van der Waals surface area contributed by atoms with Crippen molar-refractivity contribution in [1.82, 2.24) is 9.97 Å². The highest BCUT2D eigenvalue weighted by Gasteiger charge is 2.15. The molecule has 0 aliphatic carbocycles. The van der Waals surface area contributed by atoms with Gasteiger partial charge in [0.1, 0.15) is 5.82 Å². The molecular weight excluding hydrogens is 358 g/mol. The van der Waals surface area contributed by atoms with Crippen LogP contribution in [0, 0.1) is 17.0 Å². The molecule has 3 rings (SSSR count). The second kappa shape index (κ2) is 8.45. The first-order chi connectivity index (χ1) is 13.5. The molecule has 3 aromatic rings. The molecule has 0 unspecified atom stereocenters. The molecule has 0 spiro atoms. The van der Waals surface area contributed by atoms with Crippen LogP contribution in [0.3, 0.4) is 0 Å². The Balaban J connectivity index is 2.01. The molecule has 1 aromatic heterocycles. The van der Waals surface area contributed by atoms with Crippen LogP contribution in [0.15, 0.2) is 54.6 Å². The topological polar surface area (TPSA) is 113 Å². The van der Waals surface area contributed by atoms with Crippen LogP contribution >= 0.6 is 0 Å². The second-order valence-corrected chi connectivity index (χ2v) is 6.39. The fourth-order valence-electron chi connectivity index (χ4n) is 2.69. The molecule has 28 heavy (non-hydrogen) atoms. The SMILES string of the molecule is Cc1c(Nc2cc(-c3ccccc3)nc(N[C@H](C)CO)n2)cccc1[N+](=O)[O-]. The van der Waals surface area contributed by atoms with Crippen LogP contribution in [0.25, 0.3) is 11.3 Å². The van der Waals surface area contributed by atoms with Gasteiger partial charge in [-0.2, -0.15) is 4.98 Å². The van der Waals surface area contributed by atoms with E-state index in [-0.39, 0.29) is 18.3 Å². The number of nitrogens with one attached hydrogen (secondary N) is 2. The molecule has 2 aromatic carbocycles. The van der Waals surface area contributed by atoms with Crippen LogP contribution in [0.2, 0.25) is 0 Å². The lowest BCUT2D eigenvalue weighted by Crippen LogP contribution is -2.21. The Bertz CT molecular complexity index is 979. The standard InChI is InChI=1S/C20H21N5O3/c1-13(12-26)21-20-23-17(15-7-4-3-5-8-15)11-19(24-20)22-16-9-6-10-18(14(16)2)25(27)28/h3-11,13,26H,12H2,1-2H3,(H2,21,22,23,24)/t13-/m1/s1. The lowest BCUT2D eigenvalue weighted by molar-refractivity contribution is -0.385. The third kappa shape index (κ3) is 4.41. The van der Waals surface area contributed by atoms with Crippen LogP contribution < -0.4 is 10.6 Å². The number of aliphatic hydroxyl groups is 1. The average molecular weight is 379 g/mol. The maximum absolute atomic E-state index is 11.2. The molecule has 0 fully saturated rings. The van der Waals surface area contributed by atoms with Gasteiger partial charge in [-0.1, -0.05) is 36.4 Å². The van der Waals surface area contributed by atoms with E-state index in [4.69, 9.17) is 0 Å². The molecule has 0 aliphatic rings. The minimum Gasteiger partial charge on any atom is -0.394 e. The molecule has 0 radical (unpaired) electrons. The van der Waals surface area contributed by atoms with Crippen molar-refractivity contribution in [1.29, 1.82) is 0 Å². The summed E-state index contributed by atoms with van der Waals surface area (Å²) in [4.78, 5) is 19.7. The van der Waals surface area contributed by atoms with E-state index >= 15 is 0 Å². The van der Waals surface area contributed by atoms with Crippen molar-refractivity contribution in [3.63, 3.8) is 0 Å². The molecule has 8 nitrogen and oxygen atoms in total. The molecule has 0 bridgehead atoms. The predicted octanol–water partition coefficient (Wildman–Crippen LogP) is 3.90. The van der Waals surface area contributed by atoms with Gasteiger partial charge in [-0.05, 0) is 19.9 Å². The Morgan fingerprint density at radius 2 is 1.89 bits per heavy atom. The summed E-state index contributed by atoms with van der Waals surface area (Å²) < 4.78 is 0. The van der Waals surface area contributed by atoms with Gasteiger partial charge in [0.25, 0.3) is 5.69 Å². The van der Waals surface area contributed by atoms with Crippen molar-refractivity contribution in [2.24, 2.45) is 0 Å². The monoisotopic (exact) mass is 379 g/mol. The molecule has 3 N–H and O–H groups in total. The fourth-order valence-corrected chi connectivity index (χ4v) is 2.69. The number of hydrogen-bond donors (Lipinski definition) is 3. The first-order valence-corrected chi connectivity index (χ1v) is 8.81. The summed E-state index contributed by atoms with van der Waals surface area (Å²) in [7, 11) is 0. The number of aliphatic hydroxyl groups excluding tert-OH is 1. The number of nitro benzene ring substituents is 1. The highest BCUT2D eigenvalue weighted by atomic mass is 16.6. The van der Waals surface area contributed by atoms with Crippen LogP contribution in [0.1, 0.15) is 12.5 Å². The van der Waals surface area contributed by atoms with Crippen LogP contribution in [-0.2, 0) is 0 Å². The van der Waals surface area contributed by atoms with E-state index in [0.717, 1.165) is 5.56 Å². The Morgan fingerprint density at radius 3 is 2.57 bits per heavy atom. The third-order valence-electron chi connectivity index (χ3n) is 4.21. The lowest BCUT2D eigenvalue weighted by atomic mass is 10.1. The number of nitro groups is 1. The van der Waals surface area contributed by atoms with Crippen molar-refractivity contribution < 1.29 is 10.0 Å². The van der Waals surface area contributed by atoms with Crippen molar-refractivity contribution >= 4 is 23.1 Å². The van der Waals surface area contributed by atoms with Crippen LogP contribution in [0.4, 0.5) is 23.1 Å². The number of nitrogens with zero attached hydrogens (tertiary/aromatic N) is 3. The molecule has 0 aliphatic heterocycles. The zero-order chi connectivity index (χ0) is 20.1. The van der Waals surface area contributed by atoms with Gasteiger partial charge >= 0.3 is 0 Å². The van der Waals surface area contributed by atoms with E-state index in [0.29, 0.717) is 28.7 Å². The van der Waals surface area contributed by atoms with Crippen molar-refractivity contribution in [3.05, 3.63) is 70.3 Å². The van der Waals surface area contributed by atoms with E-state index in [1.165, 1.54) is 6.07 Å². The van der Waals surface area contributed by atoms with Gasteiger partial charge in [0.05, 0.1) is 22.8 Å². The number of aromatic nitrogens is 2. The zero-order valence-corrected chi connectivity index (χ0v) is 15.6. The summed E-state index contributed by atoms with van der Waals surface area (Å²) in [5.74, 6) is 0.846. The molecule has 1 atom stereocenters. The van der Waals surface area contributed by atoms with Gasteiger partial charge in [0.15, 0.2) is 0 Å². The molecule has 0 saturated heterocycles. The van der Waals surface area contributed by atoms with Gasteiger partial charge in [-0.25, -0.2) is 4.98 Å². The Kier molecular flexibility index (Phi) is 5.81. The summed E-state index contributed by atoms with van der Waals surface area (Å²) in [6.45, 7) is 3.44. The van der Waals surface area contributed by atoms with Crippen LogP contribution in [-0.4, -0.2) is 32.6 Å². The molecule has 8 heteroatoms. The maximum Gasteiger partial charge on any atom is 0.274 e. The molecule has 1 heterocycles. The van der Waals surface area contributed by atoms with Gasteiger partial charge in [0, 0.05) is 29.4 Å². The highest BCUT2D eigenvalue weighted by Crippen LogP contribution is 2.29. The van der Waals surface area contributed by atoms with Crippen molar-refractivity contribution in [2.75, 3.05) is 17.2 Å². The maximum atomic E-state index is 11.2. The van der Waals surface area contributed by atoms with Gasteiger partial charge in [-0.3, -0.25) is 10.1 Å². The predicted molar refractivity (Wildman–Crippen MR) is 109 cm³/mol. The third-order valence-corrected chi connectivity index (χ3v) is 4.21. The first kappa shape index (κ1) is 19.2. The fraction of sp³-hybridized carbons (Fsp3) is 0.200. The Hall–Kier alpha value is -3.52. The van der Waals surface area contributed by atoms with E-state index < -0.39 is 4.92 Å². The minimum absolute atomic E-state index is 0.0367. The van der Waals surface area contributed by atoms with Gasteiger partial charge < -0.3 is 15.7 Å². The van der Waals surface area contributed by atoms with E-state index in [1.54, 1.807) is 25.1 Å². The average Bonchev–Trinajstić information content (AvgIpc) is 2.69. The summed E-state index contributed by atoms with van der Waals surface area (Å²) in [6.07, 6.45) is 0. The van der Waals surface area contributed by atoms with E-state index in [9.17, 15) is 15.2 Å². The molecule has 0 amide bonds. The number of benzene rings is 2. The normalized spacial score (nSPS) is 11.7. The smallest absolute Gasteiger partial charge is 0.274 e. The van der Waals surface area contributed by atoms with Crippen molar-refractivity contribution in [2.45, 2.75) is 19.9 Å². The van der Waals surface area contributed by atoms with Crippen LogP contribution in [0.5, 0.6) is 0 Å². The highest BCUT2D eigenvalue weighted by molar-refractivity contribution is 5.70. The first-order valence-electron chi connectivity index (χ1n) is 8.81.